The highest BCUT2D eigenvalue weighted by Crippen LogP contribution is 2.25. The first-order valence-corrected chi connectivity index (χ1v) is 5.98. The molecule has 0 spiro atoms. The van der Waals surface area contributed by atoms with Crippen LogP contribution in [0.15, 0.2) is 30.3 Å². The minimum absolute atomic E-state index is 0.0845. The molecule has 4 nitrogen and oxygen atoms in total. The SMILES string of the molecule is CNC(c1cc(OC)n(C)n1)c1ccccc1C. The summed E-state index contributed by atoms with van der Waals surface area (Å²) in [5.74, 6) is 0.763. The van der Waals surface area contributed by atoms with Crippen LogP contribution in [-0.4, -0.2) is 23.9 Å². The maximum Gasteiger partial charge on any atom is 0.211 e. The summed E-state index contributed by atoms with van der Waals surface area (Å²) in [6.45, 7) is 2.11. The van der Waals surface area contributed by atoms with Gasteiger partial charge in [0.15, 0.2) is 0 Å². The summed E-state index contributed by atoms with van der Waals surface area (Å²) in [4.78, 5) is 0. The molecule has 0 bridgehead atoms. The maximum absolute atomic E-state index is 5.26. The summed E-state index contributed by atoms with van der Waals surface area (Å²) in [6.07, 6.45) is 0. The van der Waals surface area contributed by atoms with Gasteiger partial charge in [-0.25, -0.2) is 4.68 Å². The van der Waals surface area contributed by atoms with E-state index in [1.54, 1.807) is 11.8 Å². The van der Waals surface area contributed by atoms with Crippen molar-refractivity contribution in [2.45, 2.75) is 13.0 Å². The second kappa shape index (κ2) is 5.23. The summed E-state index contributed by atoms with van der Waals surface area (Å²) in [5, 5.41) is 7.81. The van der Waals surface area contributed by atoms with Crippen molar-refractivity contribution >= 4 is 0 Å². The fraction of sp³-hybridized carbons (Fsp3) is 0.357. The van der Waals surface area contributed by atoms with Gasteiger partial charge >= 0.3 is 0 Å². The summed E-state index contributed by atoms with van der Waals surface area (Å²) < 4.78 is 7.01. The molecule has 18 heavy (non-hydrogen) atoms. The fourth-order valence-corrected chi connectivity index (χ4v) is 2.18. The van der Waals surface area contributed by atoms with Crippen LogP contribution in [0.5, 0.6) is 5.88 Å². The highest BCUT2D eigenvalue weighted by molar-refractivity contribution is 5.35. The molecule has 1 aromatic heterocycles. The summed E-state index contributed by atoms with van der Waals surface area (Å²) in [6, 6.07) is 10.4. The zero-order valence-corrected chi connectivity index (χ0v) is 11.3. The first kappa shape index (κ1) is 12.6. The van der Waals surface area contributed by atoms with Crippen LogP contribution >= 0.6 is 0 Å². The molecule has 0 aliphatic rings. The molecule has 0 radical (unpaired) electrons. The molecule has 1 unspecified atom stereocenters. The van der Waals surface area contributed by atoms with Gasteiger partial charge in [-0.15, -0.1) is 0 Å². The molecule has 1 heterocycles. The molecule has 96 valence electrons. The third kappa shape index (κ3) is 2.24. The van der Waals surface area contributed by atoms with Gasteiger partial charge in [-0.3, -0.25) is 0 Å². The minimum atomic E-state index is 0.0845. The number of nitrogens with zero attached hydrogens (tertiary/aromatic N) is 2. The van der Waals surface area contributed by atoms with Crippen molar-refractivity contribution < 1.29 is 4.74 Å². The lowest BCUT2D eigenvalue weighted by Gasteiger charge is -2.16. The van der Waals surface area contributed by atoms with Gasteiger partial charge in [-0.05, 0) is 25.1 Å². The lowest BCUT2D eigenvalue weighted by Crippen LogP contribution is -2.19. The zero-order valence-electron chi connectivity index (χ0n) is 11.3. The minimum Gasteiger partial charge on any atom is -0.481 e. The Kier molecular flexibility index (Phi) is 3.67. The Labute approximate surface area is 108 Å². The van der Waals surface area contributed by atoms with Crippen LogP contribution in [0.3, 0.4) is 0 Å². The summed E-state index contributed by atoms with van der Waals surface area (Å²) >= 11 is 0. The Morgan fingerprint density at radius 3 is 2.61 bits per heavy atom. The van der Waals surface area contributed by atoms with Crippen molar-refractivity contribution in [1.82, 2.24) is 15.1 Å². The van der Waals surface area contributed by atoms with Gasteiger partial charge in [-0.2, -0.15) is 5.10 Å². The van der Waals surface area contributed by atoms with Gasteiger partial charge in [0.1, 0.15) is 0 Å². The van der Waals surface area contributed by atoms with Crippen molar-refractivity contribution in [2.75, 3.05) is 14.2 Å². The second-order valence-electron chi connectivity index (χ2n) is 4.31. The van der Waals surface area contributed by atoms with Crippen molar-refractivity contribution in [1.29, 1.82) is 0 Å². The third-order valence-corrected chi connectivity index (χ3v) is 3.15. The van der Waals surface area contributed by atoms with Crippen molar-refractivity contribution in [3.05, 3.63) is 47.2 Å². The van der Waals surface area contributed by atoms with Crippen LogP contribution in [0, 0.1) is 6.92 Å². The Morgan fingerprint density at radius 2 is 2.06 bits per heavy atom. The maximum atomic E-state index is 5.26. The van der Waals surface area contributed by atoms with Crippen molar-refractivity contribution in [3.8, 4) is 5.88 Å². The van der Waals surface area contributed by atoms with Gasteiger partial charge in [0, 0.05) is 13.1 Å². The highest BCUT2D eigenvalue weighted by atomic mass is 16.5. The molecule has 0 aliphatic heterocycles. The van der Waals surface area contributed by atoms with E-state index in [2.05, 4.69) is 29.5 Å². The molecule has 0 aliphatic carbocycles. The van der Waals surface area contributed by atoms with E-state index in [1.807, 2.05) is 32.3 Å². The second-order valence-corrected chi connectivity index (χ2v) is 4.31. The van der Waals surface area contributed by atoms with E-state index in [0.29, 0.717) is 0 Å². The highest BCUT2D eigenvalue weighted by Gasteiger charge is 2.18. The van der Waals surface area contributed by atoms with E-state index in [-0.39, 0.29) is 6.04 Å². The average Bonchev–Trinajstić information content (AvgIpc) is 2.74. The quantitative estimate of drug-likeness (QED) is 0.896. The van der Waals surface area contributed by atoms with Gasteiger partial charge in [-0.1, -0.05) is 24.3 Å². The molecule has 1 atom stereocenters. The topological polar surface area (TPSA) is 39.1 Å². The van der Waals surface area contributed by atoms with Gasteiger partial charge in [0.2, 0.25) is 5.88 Å². The Morgan fingerprint density at radius 1 is 1.33 bits per heavy atom. The number of methoxy groups -OCH3 is 1. The predicted octanol–water partition coefficient (Wildman–Crippen LogP) is 2.05. The number of rotatable bonds is 4. The lowest BCUT2D eigenvalue weighted by atomic mass is 9.99. The van der Waals surface area contributed by atoms with Crippen molar-refractivity contribution in [3.63, 3.8) is 0 Å². The molecule has 2 rings (SSSR count). The molecule has 1 aromatic carbocycles. The fourth-order valence-electron chi connectivity index (χ4n) is 2.18. The molecule has 0 saturated heterocycles. The third-order valence-electron chi connectivity index (χ3n) is 3.15. The first-order valence-electron chi connectivity index (χ1n) is 5.98. The van der Waals surface area contributed by atoms with Crippen LogP contribution in [0.25, 0.3) is 0 Å². The van der Waals surface area contributed by atoms with E-state index in [1.165, 1.54) is 11.1 Å². The number of hydrogen-bond acceptors (Lipinski definition) is 3. The van der Waals surface area contributed by atoms with Crippen LogP contribution in [0.4, 0.5) is 0 Å². The monoisotopic (exact) mass is 245 g/mol. The average molecular weight is 245 g/mol. The molecule has 1 N–H and O–H groups in total. The number of ether oxygens (including phenoxy) is 1. The smallest absolute Gasteiger partial charge is 0.211 e. The van der Waals surface area contributed by atoms with Crippen molar-refractivity contribution in [2.24, 2.45) is 7.05 Å². The van der Waals surface area contributed by atoms with Crippen LogP contribution in [-0.2, 0) is 7.05 Å². The van der Waals surface area contributed by atoms with E-state index in [0.717, 1.165) is 11.6 Å². The standard InChI is InChI=1S/C14H19N3O/c1-10-7-5-6-8-11(10)14(15-2)12-9-13(18-4)17(3)16-12/h5-9,14-15H,1-4H3. The van der Waals surface area contributed by atoms with Crippen LogP contribution < -0.4 is 10.1 Å². The first-order chi connectivity index (χ1) is 8.67. The largest absolute Gasteiger partial charge is 0.481 e. The molecular weight excluding hydrogens is 226 g/mol. The Hall–Kier alpha value is -1.81. The number of aromatic nitrogens is 2. The van der Waals surface area contributed by atoms with Gasteiger partial charge in [0.25, 0.3) is 0 Å². The number of aryl methyl sites for hydroxylation is 2. The van der Waals surface area contributed by atoms with Gasteiger partial charge < -0.3 is 10.1 Å². The lowest BCUT2D eigenvalue weighted by molar-refractivity contribution is 0.373. The van der Waals surface area contributed by atoms with E-state index >= 15 is 0 Å². The molecule has 2 aromatic rings. The Bertz CT molecular complexity index is 534. The molecular formula is C14H19N3O. The normalized spacial score (nSPS) is 12.4. The number of benzene rings is 1. The number of hydrogen-bond donors (Lipinski definition) is 1. The van der Waals surface area contributed by atoms with Crippen LogP contribution in [0.1, 0.15) is 22.9 Å². The van der Waals surface area contributed by atoms with E-state index < -0.39 is 0 Å². The summed E-state index contributed by atoms with van der Waals surface area (Å²) in [7, 11) is 5.48. The van der Waals surface area contributed by atoms with Gasteiger partial charge in [0.05, 0.1) is 18.8 Å². The Balaban J connectivity index is 2.42. The van der Waals surface area contributed by atoms with E-state index in [4.69, 9.17) is 4.74 Å². The predicted molar refractivity (Wildman–Crippen MR) is 71.8 cm³/mol. The molecule has 0 amide bonds. The zero-order chi connectivity index (χ0) is 13.1. The summed E-state index contributed by atoms with van der Waals surface area (Å²) in [5.41, 5.74) is 3.45. The molecule has 0 fully saturated rings. The molecule has 4 heteroatoms. The van der Waals surface area contributed by atoms with E-state index in [9.17, 15) is 0 Å². The molecule has 0 saturated carbocycles. The number of nitrogens with one attached hydrogen (secondary N) is 1. The van der Waals surface area contributed by atoms with Crippen LogP contribution in [0.2, 0.25) is 0 Å².